The molecular formula is C10H14N4O. The first-order valence-electron chi connectivity index (χ1n) is 5.00. The average Bonchev–Trinajstić information content (AvgIpc) is 2.80. The third-order valence-electron chi connectivity index (χ3n) is 2.48. The Balaban J connectivity index is 2.18. The summed E-state index contributed by atoms with van der Waals surface area (Å²) in [5, 5.41) is 3.85. The van der Waals surface area contributed by atoms with Crippen molar-refractivity contribution in [2.45, 2.75) is 33.7 Å². The second-order valence-electron chi connectivity index (χ2n) is 3.50. The molecule has 2 rings (SSSR count). The molecule has 80 valence electrons. The molecule has 0 radical (unpaired) electrons. The fourth-order valence-electron chi connectivity index (χ4n) is 1.35. The minimum Gasteiger partial charge on any atom is -0.337 e. The van der Waals surface area contributed by atoms with E-state index in [4.69, 9.17) is 4.52 Å². The first-order valence-corrected chi connectivity index (χ1v) is 5.00. The number of rotatable bonds is 3. The lowest BCUT2D eigenvalue weighted by Crippen LogP contribution is -2.01. The SMILES string of the molecule is CCc1noc(Cn2cnc(C)c2C)n1. The Morgan fingerprint density at radius 2 is 2.20 bits per heavy atom. The van der Waals surface area contributed by atoms with Crippen LogP contribution in [0.1, 0.15) is 30.0 Å². The minimum atomic E-state index is 0.597. The molecule has 0 aromatic carbocycles. The summed E-state index contributed by atoms with van der Waals surface area (Å²) in [6, 6.07) is 0. The van der Waals surface area contributed by atoms with E-state index in [9.17, 15) is 0 Å². The van der Waals surface area contributed by atoms with Gasteiger partial charge in [-0.25, -0.2) is 4.98 Å². The topological polar surface area (TPSA) is 56.7 Å². The Labute approximate surface area is 88.1 Å². The number of imidazole rings is 1. The van der Waals surface area contributed by atoms with Crippen LogP contribution in [0.3, 0.4) is 0 Å². The first-order chi connectivity index (χ1) is 7.20. The molecule has 0 bridgehead atoms. The Morgan fingerprint density at radius 3 is 2.73 bits per heavy atom. The van der Waals surface area contributed by atoms with Crippen molar-refractivity contribution in [3.8, 4) is 0 Å². The summed E-state index contributed by atoms with van der Waals surface area (Å²) in [7, 11) is 0. The summed E-state index contributed by atoms with van der Waals surface area (Å²) in [5.41, 5.74) is 2.16. The third kappa shape index (κ3) is 1.91. The van der Waals surface area contributed by atoms with Crippen molar-refractivity contribution in [1.29, 1.82) is 0 Å². The molecule has 0 unspecified atom stereocenters. The summed E-state index contributed by atoms with van der Waals surface area (Å²) < 4.78 is 7.12. The molecular weight excluding hydrogens is 192 g/mol. The fourth-order valence-corrected chi connectivity index (χ4v) is 1.35. The van der Waals surface area contributed by atoms with E-state index in [-0.39, 0.29) is 0 Å². The Morgan fingerprint density at radius 1 is 1.40 bits per heavy atom. The lowest BCUT2D eigenvalue weighted by molar-refractivity contribution is 0.365. The monoisotopic (exact) mass is 206 g/mol. The normalized spacial score (nSPS) is 10.9. The maximum absolute atomic E-state index is 5.11. The molecule has 0 aliphatic heterocycles. The molecule has 0 saturated heterocycles. The smallest absolute Gasteiger partial charge is 0.246 e. The molecule has 5 nitrogen and oxygen atoms in total. The van der Waals surface area contributed by atoms with Gasteiger partial charge in [-0.1, -0.05) is 12.1 Å². The van der Waals surface area contributed by atoms with Gasteiger partial charge in [0.25, 0.3) is 0 Å². The van der Waals surface area contributed by atoms with Crippen LogP contribution in [0.2, 0.25) is 0 Å². The molecule has 0 N–H and O–H groups in total. The summed E-state index contributed by atoms with van der Waals surface area (Å²) in [4.78, 5) is 8.46. The predicted molar refractivity (Wildman–Crippen MR) is 54.5 cm³/mol. The van der Waals surface area contributed by atoms with E-state index < -0.39 is 0 Å². The lowest BCUT2D eigenvalue weighted by atomic mass is 10.4. The Hall–Kier alpha value is -1.65. The lowest BCUT2D eigenvalue weighted by Gasteiger charge is -1.99. The van der Waals surface area contributed by atoms with Crippen molar-refractivity contribution >= 4 is 0 Å². The van der Waals surface area contributed by atoms with Crippen molar-refractivity contribution in [2.24, 2.45) is 0 Å². The Bertz CT molecular complexity index is 458. The van der Waals surface area contributed by atoms with Crippen LogP contribution in [0.5, 0.6) is 0 Å². The van der Waals surface area contributed by atoms with Gasteiger partial charge in [-0.2, -0.15) is 4.98 Å². The van der Waals surface area contributed by atoms with Crippen molar-refractivity contribution < 1.29 is 4.52 Å². The van der Waals surface area contributed by atoms with E-state index in [1.54, 1.807) is 6.33 Å². The van der Waals surface area contributed by atoms with Gasteiger partial charge in [0, 0.05) is 12.1 Å². The number of hydrogen-bond donors (Lipinski definition) is 0. The van der Waals surface area contributed by atoms with Gasteiger partial charge >= 0.3 is 0 Å². The second kappa shape index (κ2) is 3.84. The van der Waals surface area contributed by atoms with Crippen molar-refractivity contribution in [2.75, 3.05) is 0 Å². The number of nitrogens with zero attached hydrogens (tertiary/aromatic N) is 4. The molecule has 0 fully saturated rings. The van der Waals surface area contributed by atoms with Gasteiger partial charge in [-0.15, -0.1) is 0 Å². The van der Waals surface area contributed by atoms with Gasteiger partial charge < -0.3 is 9.09 Å². The zero-order chi connectivity index (χ0) is 10.8. The standard InChI is InChI=1S/C10H14N4O/c1-4-9-12-10(15-13-9)5-14-6-11-7(2)8(14)3/h6H,4-5H2,1-3H3. The molecule has 2 aromatic heterocycles. The first kappa shape index (κ1) is 9.89. The van der Waals surface area contributed by atoms with E-state index in [0.717, 1.165) is 23.6 Å². The van der Waals surface area contributed by atoms with Gasteiger partial charge in [-0.05, 0) is 13.8 Å². The summed E-state index contributed by atoms with van der Waals surface area (Å²) in [6.45, 7) is 6.61. The van der Waals surface area contributed by atoms with Crippen molar-refractivity contribution in [3.63, 3.8) is 0 Å². The van der Waals surface area contributed by atoms with Crippen LogP contribution < -0.4 is 0 Å². The Kier molecular flexibility index (Phi) is 2.53. The summed E-state index contributed by atoms with van der Waals surface area (Å²) in [5.74, 6) is 1.38. The maximum Gasteiger partial charge on any atom is 0.246 e. The van der Waals surface area contributed by atoms with Crippen LogP contribution in [-0.2, 0) is 13.0 Å². The van der Waals surface area contributed by atoms with E-state index in [2.05, 4.69) is 15.1 Å². The summed E-state index contributed by atoms with van der Waals surface area (Å²) >= 11 is 0. The van der Waals surface area contributed by atoms with Gasteiger partial charge in [0.15, 0.2) is 5.82 Å². The highest BCUT2D eigenvalue weighted by Crippen LogP contribution is 2.07. The molecule has 0 aliphatic carbocycles. The van der Waals surface area contributed by atoms with Crippen molar-refractivity contribution in [3.05, 3.63) is 29.4 Å². The molecule has 2 aromatic rings. The largest absolute Gasteiger partial charge is 0.337 e. The molecule has 0 spiro atoms. The fraction of sp³-hybridized carbons (Fsp3) is 0.500. The molecule has 0 aliphatic rings. The highest BCUT2D eigenvalue weighted by molar-refractivity contribution is 5.09. The molecule has 0 saturated carbocycles. The molecule has 0 amide bonds. The van der Waals surface area contributed by atoms with Crippen molar-refractivity contribution in [1.82, 2.24) is 19.7 Å². The predicted octanol–water partition coefficient (Wildman–Crippen LogP) is 1.49. The highest BCUT2D eigenvalue weighted by atomic mass is 16.5. The number of hydrogen-bond acceptors (Lipinski definition) is 4. The zero-order valence-electron chi connectivity index (χ0n) is 9.19. The van der Waals surface area contributed by atoms with Crippen LogP contribution in [0, 0.1) is 13.8 Å². The van der Waals surface area contributed by atoms with E-state index in [1.807, 2.05) is 25.3 Å². The van der Waals surface area contributed by atoms with E-state index in [0.29, 0.717) is 12.4 Å². The summed E-state index contributed by atoms with van der Waals surface area (Å²) in [6.07, 6.45) is 2.59. The van der Waals surface area contributed by atoms with E-state index >= 15 is 0 Å². The maximum atomic E-state index is 5.11. The third-order valence-corrected chi connectivity index (χ3v) is 2.48. The zero-order valence-corrected chi connectivity index (χ0v) is 9.19. The van der Waals surface area contributed by atoms with Crippen LogP contribution in [0.4, 0.5) is 0 Å². The van der Waals surface area contributed by atoms with Crippen LogP contribution in [0.25, 0.3) is 0 Å². The van der Waals surface area contributed by atoms with Crippen LogP contribution in [-0.4, -0.2) is 19.7 Å². The molecule has 2 heterocycles. The molecule has 15 heavy (non-hydrogen) atoms. The van der Waals surface area contributed by atoms with Crippen LogP contribution in [0.15, 0.2) is 10.9 Å². The molecule has 5 heteroatoms. The van der Waals surface area contributed by atoms with Crippen LogP contribution >= 0.6 is 0 Å². The average molecular weight is 206 g/mol. The molecule has 0 atom stereocenters. The minimum absolute atomic E-state index is 0.597. The number of aromatic nitrogens is 4. The quantitative estimate of drug-likeness (QED) is 0.763. The highest BCUT2D eigenvalue weighted by Gasteiger charge is 2.08. The second-order valence-corrected chi connectivity index (χ2v) is 3.50. The van der Waals surface area contributed by atoms with E-state index in [1.165, 1.54) is 0 Å². The van der Waals surface area contributed by atoms with Gasteiger partial charge in [0.2, 0.25) is 5.89 Å². The van der Waals surface area contributed by atoms with Gasteiger partial charge in [0.05, 0.1) is 12.0 Å². The number of aryl methyl sites for hydroxylation is 2. The van der Waals surface area contributed by atoms with Gasteiger partial charge in [-0.3, -0.25) is 0 Å². The van der Waals surface area contributed by atoms with Gasteiger partial charge in [0.1, 0.15) is 6.54 Å².